The maximum Gasteiger partial charge on any atom is 0.435 e. The summed E-state index contributed by atoms with van der Waals surface area (Å²) in [6, 6.07) is 0. The fourth-order valence-electron chi connectivity index (χ4n) is 3.24. The number of aliphatic imine (C=N–C) groups is 1. The SMILES string of the molecule is C=Cc1c(/N=C(\C)CC)c(-c2cnc(N3CCN(C)CC3)nc2)nn1C(=O)OC(C)(C)C. The van der Waals surface area contributed by atoms with Crippen molar-refractivity contribution < 1.29 is 9.53 Å². The molecular formula is C23H33N7O2. The average molecular weight is 440 g/mol. The lowest BCUT2D eigenvalue weighted by molar-refractivity contribution is 0.0514. The highest BCUT2D eigenvalue weighted by molar-refractivity contribution is 5.91. The number of aromatic nitrogens is 4. The third kappa shape index (κ3) is 5.40. The second-order valence-electron chi connectivity index (χ2n) is 8.94. The molecule has 9 nitrogen and oxygen atoms in total. The fraction of sp³-hybridized carbons (Fsp3) is 0.522. The van der Waals surface area contributed by atoms with Crippen LogP contribution in [-0.2, 0) is 4.74 Å². The van der Waals surface area contributed by atoms with Crippen LogP contribution in [0.15, 0.2) is 24.0 Å². The van der Waals surface area contributed by atoms with E-state index in [1.54, 1.807) is 18.5 Å². The van der Waals surface area contributed by atoms with E-state index in [0.717, 1.165) is 38.3 Å². The summed E-state index contributed by atoms with van der Waals surface area (Å²) >= 11 is 0. The molecule has 32 heavy (non-hydrogen) atoms. The molecule has 0 amide bonds. The Labute approximate surface area is 189 Å². The van der Waals surface area contributed by atoms with Crippen LogP contribution in [0.1, 0.15) is 46.7 Å². The smallest absolute Gasteiger partial charge is 0.435 e. The second kappa shape index (κ2) is 9.60. The van der Waals surface area contributed by atoms with Gasteiger partial charge in [0.2, 0.25) is 5.95 Å². The number of carbonyl (C=O) groups excluding carboxylic acids is 1. The fourth-order valence-corrected chi connectivity index (χ4v) is 3.24. The topological polar surface area (TPSA) is 88.7 Å². The lowest BCUT2D eigenvalue weighted by Crippen LogP contribution is -2.45. The van der Waals surface area contributed by atoms with Crippen molar-refractivity contribution in [1.29, 1.82) is 0 Å². The quantitative estimate of drug-likeness (QED) is 0.650. The molecule has 1 aliphatic rings. The molecule has 0 N–H and O–H groups in total. The van der Waals surface area contributed by atoms with Crippen molar-refractivity contribution in [2.45, 2.75) is 46.6 Å². The molecule has 0 aliphatic carbocycles. The largest absolute Gasteiger partial charge is 0.442 e. The van der Waals surface area contributed by atoms with Crippen molar-refractivity contribution in [3.8, 4) is 11.3 Å². The number of hydrogen-bond donors (Lipinski definition) is 0. The van der Waals surface area contributed by atoms with E-state index < -0.39 is 11.7 Å². The molecular weight excluding hydrogens is 406 g/mol. The minimum Gasteiger partial charge on any atom is -0.442 e. The van der Waals surface area contributed by atoms with Gasteiger partial charge in [0.25, 0.3) is 0 Å². The maximum atomic E-state index is 12.8. The van der Waals surface area contributed by atoms with Gasteiger partial charge >= 0.3 is 6.09 Å². The van der Waals surface area contributed by atoms with Gasteiger partial charge in [0, 0.05) is 49.8 Å². The minimum absolute atomic E-state index is 0.477. The first-order valence-corrected chi connectivity index (χ1v) is 10.9. The van der Waals surface area contributed by atoms with E-state index in [2.05, 4.69) is 38.5 Å². The lowest BCUT2D eigenvalue weighted by Gasteiger charge is -2.32. The molecule has 0 aromatic carbocycles. The normalized spacial score (nSPS) is 15.7. The molecule has 1 aliphatic heterocycles. The molecule has 3 heterocycles. The molecule has 9 heteroatoms. The van der Waals surface area contributed by atoms with Crippen LogP contribution in [0.3, 0.4) is 0 Å². The Hall–Kier alpha value is -3.07. The standard InChI is InChI=1S/C23H33N7O2/c1-8-16(3)26-20-18(9-2)30(22(31)32-23(4,5)6)27-19(20)17-14-24-21(25-15-17)29-12-10-28(7)11-13-29/h9,14-15H,2,8,10-13H2,1,3-7H3/b26-16+. The minimum atomic E-state index is -0.655. The summed E-state index contributed by atoms with van der Waals surface area (Å²) in [7, 11) is 2.11. The number of anilines is 1. The number of likely N-dealkylation sites (N-methyl/N-ethyl adjacent to an activating group) is 1. The zero-order chi connectivity index (χ0) is 23.5. The van der Waals surface area contributed by atoms with Crippen LogP contribution < -0.4 is 4.90 Å². The molecule has 1 fully saturated rings. The number of carbonyl (C=O) groups is 1. The van der Waals surface area contributed by atoms with E-state index in [1.165, 1.54) is 4.68 Å². The van der Waals surface area contributed by atoms with Gasteiger partial charge in [-0.3, -0.25) is 4.99 Å². The predicted molar refractivity (Wildman–Crippen MR) is 128 cm³/mol. The van der Waals surface area contributed by atoms with Crippen LogP contribution in [0.25, 0.3) is 17.3 Å². The lowest BCUT2D eigenvalue weighted by atomic mass is 10.2. The Balaban J connectivity index is 2.02. The van der Waals surface area contributed by atoms with Crippen molar-refractivity contribution in [2.75, 3.05) is 38.1 Å². The van der Waals surface area contributed by atoms with E-state index >= 15 is 0 Å². The van der Waals surface area contributed by atoms with Crippen LogP contribution in [0.2, 0.25) is 0 Å². The van der Waals surface area contributed by atoms with Crippen LogP contribution in [-0.4, -0.2) is 75.3 Å². The van der Waals surface area contributed by atoms with Gasteiger partial charge in [0.1, 0.15) is 17.0 Å². The third-order valence-electron chi connectivity index (χ3n) is 5.17. The van der Waals surface area contributed by atoms with E-state index in [-0.39, 0.29) is 0 Å². The first kappa shape index (κ1) is 23.6. The van der Waals surface area contributed by atoms with E-state index in [4.69, 9.17) is 9.73 Å². The summed E-state index contributed by atoms with van der Waals surface area (Å²) in [4.78, 5) is 31.1. The number of nitrogens with zero attached hydrogens (tertiary/aromatic N) is 7. The van der Waals surface area contributed by atoms with Gasteiger partial charge in [-0.05, 0) is 47.2 Å². The molecule has 0 unspecified atom stereocenters. The van der Waals surface area contributed by atoms with Crippen molar-refractivity contribution in [2.24, 2.45) is 4.99 Å². The van der Waals surface area contributed by atoms with Crippen LogP contribution in [0.4, 0.5) is 16.4 Å². The van der Waals surface area contributed by atoms with Gasteiger partial charge < -0.3 is 14.5 Å². The van der Waals surface area contributed by atoms with Crippen LogP contribution in [0.5, 0.6) is 0 Å². The number of piperazine rings is 1. The van der Waals surface area contributed by atoms with Crippen LogP contribution >= 0.6 is 0 Å². The second-order valence-corrected chi connectivity index (χ2v) is 8.94. The van der Waals surface area contributed by atoms with E-state index in [9.17, 15) is 4.79 Å². The zero-order valence-corrected chi connectivity index (χ0v) is 19.9. The molecule has 1 saturated heterocycles. The monoisotopic (exact) mass is 439 g/mol. The van der Waals surface area contributed by atoms with Gasteiger partial charge in [-0.1, -0.05) is 13.5 Å². The van der Waals surface area contributed by atoms with Crippen molar-refractivity contribution in [3.05, 3.63) is 24.7 Å². The third-order valence-corrected chi connectivity index (χ3v) is 5.17. The van der Waals surface area contributed by atoms with E-state index in [0.29, 0.717) is 28.6 Å². The highest BCUT2D eigenvalue weighted by atomic mass is 16.6. The summed E-state index contributed by atoms with van der Waals surface area (Å²) in [6.07, 6.45) is 5.22. The van der Waals surface area contributed by atoms with Gasteiger partial charge in [-0.25, -0.2) is 14.8 Å². The molecule has 0 atom stereocenters. The molecule has 0 radical (unpaired) electrons. The summed E-state index contributed by atoms with van der Waals surface area (Å²) in [5.74, 6) is 0.687. The van der Waals surface area contributed by atoms with E-state index in [1.807, 2.05) is 34.6 Å². The van der Waals surface area contributed by atoms with Crippen molar-refractivity contribution in [3.63, 3.8) is 0 Å². The van der Waals surface area contributed by atoms with Gasteiger partial charge in [0.05, 0.1) is 5.69 Å². The zero-order valence-electron chi connectivity index (χ0n) is 19.9. The first-order chi connectivity index (χ1) is 15.1. The number of rotatable bonds is 5. The molecule has 0 bridgehead atoms. The average Bonchev–Trinajstić information content (AvgIpc) is 3.11. The highest BCUT2D eigenvalue weighted by Crippen LogP contribution is 2.34. The molecule has 0 spiro atoms. The Morgan fingerprint density at radius 1 is 1.22 bits per heavy atom. The van der Waals surface area contributed by atoms with Gasteiger partial charge in [0.15, 0.2) is 0 Å². The van der Waals surface area contributed by atoms with Crippen LogP contribution in [0, 0.1) is 0 Å². The molecule has 2 aromatic heterocycles. The Morgan fingerprint density at radius 2 is 1.84 bits per heavy atom. The summed E-state index contributed by atoms with van der Waals surface area (Å²) in [6.45, 7) is 17.0. The Morgan fingerprint density at radius 3 is 2.38 bits per heavy atom. The Bertz CT molecular complexity index is 995. The highest BCUT2D eigenvalue weighted by Gasteiger charge is 2.26. The van der Waals surface area contributed by atoms with Crippen molar-refractivity contribution >= 4 is 29.5 Å². The van der Waals surface area contributed by atoms with Gasteiger partial charge in [-0.15, -0.1) is 0 Å². The molecule has 172 valence electrons. The predicted octanol–water partition coefficient (Wildman–Crippen LogP) is 4.02. The maximum absolute atomic E-state index is 12.8. The number of hydrogen-bond acceptors (Lipinski definition) is 8. The summed E-state index contributed by atoms with van der Waals surface area (Å²) in [5.41, 5.74) is 2.48. The molecule has 2 aromatic rings. The summed E-state index contributed by atoms with van der Waals surface area (Å²) < 4.78 is 6.74. The Kier molecular flexibility index (Phi) is 7.08. The number of ether oxygens (including phenoxy) is 1. The molecule has 3 rings (SSSR count). The van der Waals surface area contributed by atoms with Crippen molar-refractivity contribution in [1.82, 2.24) is 24.6 Å². The summed E-state index contributed by atoms with van der Waals surface area (Å²) in [5, 5.41) is 4.54. The first-order valence-electron chi connectivity index (χ1n) is 10.9. The molecule has 0 saturated carbocycles. The van der Waals surface area contributed by atoms with Gasteiger partial charge in [-0.2, -0.15) is 9.78 Å².